The van der Waals surface area contributed by atoms with Gasteiger partial charge in [-0.3, -0.25) is 4.90 Å². The Hall–Kier alpha value is -1.01. The SMILES string of the molecule is CCNc1cc(NCC(C)N(C)C2CC2)nc(SC)n1. The molecule has 0 amide bonds. The molecule has 1 atom stereocenters. The number of nitrogens with one attached hydrogen (secondary N) is 2. The van der Waals surface area contributed by atoms with Gasteiger partial charge in [-0.15, -0.1) is 0 Å². The van der Waals surface area contributed by atoms with Crippen LogP contribution in [0.4, 0.5) is 11.6 Å². The van der Waals surface area contributed by atoms with Gasteiger partial charge in [-0.1, -0.05) is 11.8 Å². The quantitative estimate of drug-likeness (QED) is 0.568. The third-order valence-electron chi connectivity index (χ3n) is 3.64. The van der Waals surface area contributed by atoms with Gasteiger partial charge in [0.25, 0.3) is 0 Å². The van der Waals surface area contributed by atoms with Crippen LogP contribution >= 0.6 is 11.8 Å². The van der Waals surface area contributed by atoms with E-state index in [2.05, 4.69) is 46.4 Å². The van der Waals surface area contributed by atoms with Gasteiger partial charge in [-0.25, -0.2) is 9.97 Å². The summed E-state index contributed by atoms with van der Waals surface area (Å²) in [7, 11) is 2.21. The normalized spacial score (nSPS) is 16.2. The van der Waals surface area contributed by atoms with Gasteiger partial charge in [0.1, 0.15) is 11.6 Å². The molecule has 5 nitrogen and oxygen atoms in total. The highest BCUT2D eigenvalue weighted by Crippen LogP contribution is 2.27. The Morgan fingerprint density at radius 2 is 2.00 bits per heavy atom. The highest BCUT2D eigenvalue weighted by atomic mass is 32.2. The largest absolute Gasteiger partial charge is 0.370 e. The van der Waals surface area contributed by atoms with Crippen molar-refractivity contribution >= 4 is 23.4 Å². The van der Waals surface area contributed by atoms with Gasteiger partial charge in [0.05, 0.1) is 0 Å². The molecular weight excluding hydrogens is 270 g/mol. The number of hydrogen-bond acceptors (Lipinski definition) is 6. The molecule has 1 saturated carbocycles. The van der Waals surface area contributed by atoms with Gasteiger partial charge < -0.3 is 10.6 Å². The van der Waals surface area contributed by atoms with Gasteiger partial charge in [0.2, 0.25) is 0 Å². The van der Waals surface area contributed by atoms with Gasteiger partial charge in [-0.2, -0.15) is 0 Å². The van der Waals surface area contributed by atoms with Crippen molar-refractivity contribution in [3.8, 4) is 0 Å². The molecular formula is C14H25N5S. The second-order valence-corrected chi connectivity index (χ2v) is 6.06. The number of thioether (sulfide) groups is 1. The Balaban J connectivity index is 1.95. The number of likely N-dealkylation sites (N-methyl/N-ethyl adjacent to an activating group) is 1. The van der Waals surface area contributed by atoms with Crippen molar-refractivity contribution in [2.45, 2.75) is 43.9 Å². The first kappa shape index (κ1) is 15.4. The van der Waals surface area contributed by atoms with E-state index in [9.17, 15) is 0 Å². The first-order valence-corrected chi connectivity index (χ1v) is 8.49. The van der Waals surface area contributed by atoms with E-state index in [1.54, 1.807) is 11.8 Å². The molecule has 1 aromatic heterocycles. The van der Waals surface area contributed by atoms with Gasteiger partial charge in [0.15, 0.2) is 5.16 Å². The van der Waals surface area contributed by atoms with Crippen LogP contribution in [0.2, 0.25) is 0 Å². The number of rotatable bonds is 8. The highest BCUT2D eigenvalue weighted by Gasteiger charge is 2.28. The lowest BCUT2D eigenvalue weighted by Gasteiger charge is -2.24. The highest BCUT2D eigenvalue weighted by molar-refractivity contribution is 7.98. The summed E-state index contributed by atoms with van der Waals surface area (Å²) in [6.45, 7) is 6.10. The van der Waals surface area contributed by atoms with Crippen LogP contribution in [0.1, 0.15) is 26.7 Å². The maximum atomic E-state index is 4.51. The summed E-state index contributed by atoms with van der Waals surface area (Å²) in [6, 6.07) is 3.28. The van der Waals surface area contributed by atoms with Gasteiger partial charge in [-0.05, 0) is 40.0 Å². The Morgan fingerprint density at radius 3 is 2.55 bits per heavy atom. The fraction of sp³-hybridized carbons (Fsp3) is 0.714. The Labute approximate surface area is 125 Å². The van der Waals surface area contributed by atoms with E-state index in [1.165, 1.54) is 12.8 Å². The zero-order valence-electron chi connectivity index (χ0n) is 12.8. The molecule has 0 radical (unpaired) electrons. The molecule has 112 valence electrons. The second-order valence-electron chi connectivity index (χ2n) is 5.28. The summed E-state index contributed by atoms with van der Waals surface area (Å²) in [5.41, 5.74) is 0. The summed E-state index contributed by atoms with van der Waals surface area (Å²) in [5.74, 6) is 1.79. The lowest BCUT2D eigenvalue weighted by Crippen LogP contribution is -2.36. The van der Waals surface area contributed by atoms with E-state index in [4.69, 9.17) is 0 Å². The maximum absolute atomic E-state index is 4.51. The average Bonchev–Trinajstić information content (AvgIpc) is 3.28. The maximum Gasteiger partial charge on any atom is 0.191 e. The first-order chi connectivity index (χ1) is 9.63. The summed E-state index contributed by atoms with van der Waals surface area (Å²) >= 11 is 1.57. The Kier molecular flexibility index (Phi) is 5.48. The molecule has 1 unspecified atom stereocenters. The van der Waals surface area contributed by atoms with Gasteiger partial charge >= 0.3 is 0 Å². The van der Waals surface area contributed by atoms with E-state index >= 15 is 0 Å². The molecule has 6 heteroatoms. The third kappa shape index (κ3) is 4.24. The van der Waals surface area contributed by atoms with E-state index in [0.29, 0.717) is 6.04 Å². The second kappa shape index (κ2) is 7.13. The van der Waals surface area contributed by atoms with Crippen LogP contribution in [0.3, 0.4) is 0 Å². The number of aromatic nitrogens is 2. The molecule has 1 aromatic rings. The first-order valence-electron chi connectivity index (χ1n) is 7.26. The molecule has 1 fully saturated rings. The molecule has 1 aliphatic carbocycles. The number of nitrogens with zero attached hydrogens (tertiary/aromatic N) is 3. The summed E-state index contributed by atoms with van der Waals surface area (Å²) in [5, 5.41) is 7.48. The molecule has 0 aromatic carbocycles. The monoisotopic (exact) mass is 295 g/mol. The molecule has 0 saturated heterocycles. The zero-order valence-corrected chi connectivity index (χ0v) is 13.6. The van der Waals surface area contributed by atoms with E-state index in [0.717, 1.165) is 35.9 Å². The predicted molar refractivity (Wildman–Crippen MR) is 86.7 cm³/mol. The third-order valence-corrected chi connectivity index (χ3v) is 4.19. The van der Waals surface area contributed by atoms with Crippen LogP contribution in [0.25, 0.3) is 0 Å². The predicted octanol–water partition coefficient (Wildman–Crippen LogP) is 2.52. The van der Waals surface area contributed by atoms with Crippen LogP contribution in [-0.2, 0) is 0 Å². The minimum Gasteiger partial charge on any atom is -0.370 e. The summed E-state index contributed by atoms with van der Waals surface area (Å²) < 4.78 is 0. The van der Waals surface area contributed by atoms with Crippen LogP contribution in [-0.4, -0.2) is 53.3 Å². The lowest BCUT2D eigenvalue weighted by molar-refractivity contribution is 0.257. The van der Waals surface area contributed by atoms with E-state index in [1.807, 2.05) is 12.3 Å². The lowest BCUT2D eigenvalue weighted by atomic mass is 10.3. The van der Waals surface area contributed by atoms with Crippen molar-refractivity contribution in [1.82, 2.24) is 14.9 Å². The van der Waals surface area contributed by atoms with E-state index in [-0.39, 0.29) is 0 Å². The minimum absolute atomic E-state index is 0.512. The van der Waals surface area contributed by atoms with Crippen molar-refractivity contribution < 1.29 is 0 Å². The van der Waals surface area contributed by atoms with Crippen molar-refractivity contribution in [2.24, 2.45) is 0 Å². The molecule has 2 rings (SSSR count). The Morgan fingerprint density at radius 1 is 1.35 bits per heavy atom. The van der Waals surface area contributed by atoms with Crippen LogP contribution in [0.15, 0.2) is 11.2 Å². The van der Waals surface area contributed by atoms with Crippen molar-refractivity contribution in [1.29, 1.82) is 0 Å². The van der Waals surface area contributed by atoms with Crippen molar-refractivity contribution in [2.75, 3.05) is 37.0 Å². The van der Waals surface area contributed by atoms with Crippen molar-refractivity contribution in [3.63, 3.8) is 0 Å². The molecule has 1 heterocycles. The molecule has 0 aliphatic heterocycles. The van der Waals surface area contributed by atoms with Crippen molar-refractivity contribution in [3.05, 3.63) is 6.07 Å². The summed E-state index contributed by atoms with van der Waals surface area (Å²) in [4.78, 5) is 11.4. The summed E-state index contributed by atoms with van der Waals surface area (Å²) in [6.07, 6.45) is 4.68. The minimum atomic E-state index is 0.512. The molecule has 0 spiro atoms. The molecule has 0 bridgehead atoms. The fourth-order valence-corrected chi connectivity index (χ4v) is 2.50. The molecule has 20 heavy (non-hydrogen) atoms. The smallest absolute Gasteiger partial charge is 0.191 e. The van der Waals surface area contributed by atoms with E-state index < -0.39 is 0 Å². The fourth-order valence-electron chi connectivity index (χ4n) is 2.12. The van der Waals surface area contributed by atoms with Crippen LogP contribution in [0.5, 0.6) is 0 Å². The number of anilines is 2. The number of hydrogen-bond donors (Lipinski definition) is 2. The van der Waals surface area contributed by atoms with Crippen LogP contribution in [0, 0.1) is 0 Å². The standard InChI is InChI=1S/C14H25N5S/c1-5-15-12-8-13(18-14(17-12)20-4)16-9-10(2)19(3)11-6-7-11/h8,10-11H,5-7,9H2,1-4H3,(H2,15,16,17,18). The zero-order chi connectivity index (χ0) is 14.5. The average molecular weight is 295 g/mol. The molecule has 2 N–H and O–H groups in total. The molecule has 1 aliphatic rings. The topological polar surface area (TPSA) is 53.1 Å². The van der Waals surface area contributed by atoms with Gasteiger partial charge in [0, 0.05) is 31.2 Å². The van der Waals surface area contributed by atoms with Crippen LogP contribution < -0.4 is 10.6 Å². The Bertz CT molecular complexity index is 436.